The van der Waals surface area contributed by atoms with Crippen molar-refractivity contribution in [3.05, 3.63) is 41.7 Å². The van der Waals surface area contributed by atoms with Crippen molar-refractivity contribution in [2.24, 2.45) is 0 Å². The van der Waals surface area contributed by atoms with Crippen molar-refractivity contribution < 1.29 is 39.9 Å². The lowest BCUT2D eigenvalue weighted by Gasteiger charge is -2.19. The van der Waals surface area contributed by atoms with Crippen LogP contribution in [0.3, 0.4) is 0 Å². The number of ether oxygens (including phenoxy) is 1. The maximum absolute atomic E-state index is 13.9. The van der Waals surface area contributed by atoms with Crippen LogP contribution in [-0.4, -0.2) is 22.8 Å². The first-order valence-corrected chi connectivity index (χ1v) is 8.11. The van der Waals surface area contributed by atoms with Crippen molar-refractivity contribution in [1.29, 1.82) is 0 Å². The van der Waals surface area contributed by atoms with E-state index in [0.717, 1.165) is 18.3 Å². The van der Waals surface area contributed by atoms with Gasteiger partial charge in [-0.15, -0.1) is 0 Å². The van der Waals surface area contributed by atoms with Gasteiger partial charge in [0.1, 0.15) is 5.52 Å². The predicted octanol–water partition coefficient (Wildman–Crippen LogP) is 6.05. The van der Waals surface area contributed by atoms with E-state index >= 15 is 0 Å². The van der Waals surface area contributed by atoms with E-state index in [1.165, 1.54) is 12.3 Å². The summed E-state index contributed by atoms with van der Waals surface area (Å²) >= 11 is 0. The van der Waals surface area contributed by atoms with Crippen molar-refractivity contribution >= 4 is 11.1 Å². The third-order valence-electron chi connectivity index (χ3n) is 3.88. The zero-order chi connectivity index (χ0) is 21.6. The minimum Gasteiger partial charge on any atom is -0.482 e. The van der Waals surface area contributed by atoms with Crippen molar-refractivity contribution in [3.8, 4) is 17.2 Å². The highest BCUT2D eigenvalue weighted by atomic mass is 19.4. The van der Waals surface area contributed by atoms with Crippen LogP contribution >= 0.6 is 0 Å². The van der Waals surface area contributed by atoms with Gasteiger partial charge in [-0.1, -0.05) is 0 Å². The van der Waals surface area contributed by atoms with Gasteiger partial charge in [-0.2, -0.15) is 13.2 Å². The van der Waals surface area contributed by atoms with Gasteiger partial charge in [-0.3, -0.25) is 4.98 Å². The Morgan fingerprint density at radius 2 is 1.59 bits per heavy atom. The van der Waals surface area contributed by atoms with Gasteiger partial charge in [0.15, 0.2) is 17.9 Å². The second kappa shape index (κ2) is 6.89. The zero-order valence-electron chi connectivity index (χ0n) is 15.0. The fourth-order valence-corrected chi connectivity index (χ4v) is 2.65. The fourth-order valence-electron chi connectivity index (χ4n) is 2.65. The van der Waals surface area contributed by atoms with Crippen LogP contribution in [0.15, 0.2) is 35.0 Å². The Morgan fingerprint density at radius 3 is 2.17 bits per heavy atom. The maximum atomic E-state index is 13.9. The summed E-state index contributed by atoms with van der Waals surface area (Å²) < 4.78 is 103. The molecule has 0 unspecified atom stereocenters. The normalized spacial score (nSPS) is 13.1. The lowest BCUT2D eigenvalue weighted by Crippen LogP contribution is -2.19. The number of nitrogens with zero attached hydrogens (tertiary/aromatic N) is 2. The Labute approximate surface area is 159 Å². The average molecular weight is 422 g/mol. The van der Waals surface area contributed by atoms with Crippen molar-refractivity contribution in [1.82, 2.24) is 9.97 Å². The summed E-state index contributed by atoms with van der Waals surface area (Å²) in [6.45, 7) is -0.673. The first-order chi connectivity index (χ1) is 13.3. The number of alkyl halides is 7. The number of rotatable bonds is 5. The SMILES string of the molecule is CC(F)(F)c1cc2nc(-c3ccncc3OCC(F)(F)F)oc2cc1C(C)(F)F. The first kappa shape index (κ1) is 20.9. The molecule has 0 atom stereocenters. The molecule has 0 N–H and O–H groups in total. The average Bonchev–Trinajstić information content (AvgIpc) is 3.00. The highest BCUT2D eigenvalue weighted by molar-refractivity contribution is 5.79. The molecule has 156 valence electrons. The number of aromatic nitrogens is 2. The quantitative estimate of drug-likeness (QED) is 0.470. The Balaban J connectivity index is 2.12. The van der Waals surface area contributed by atoms with Gasteiger partial charge < -0.3 is 9.15 Å². The number of hydrogen-bond donors (Lipinski definition) is 0. The molecule has 0 amide bonds. The maximum Gasteiger partial charge on any atom is 0.422 e. The second-order valence-corrected chi connectivity index (χ2v) is 6.44. The summed E-state index contributed by atoms with van der Waals surface area (Å²) in [7, 11) is 0. The van der Waals surface area contributed by atoms with E-state index < -0.39 is 35.8 Å². The summed E-state index contributed by atoms with van der Waals surface area (Å²) in [5.74, 6) is -7.78. The number of hydrogen-bond acceptors (Lipinski definition) is 4. The van der Waals surface area contributed by atoms with Crippen LogP contribution in [0, 0.1) is 0 Å². The number of oxazole rings is 1. The number of fused-ring (bicyclic) bond motifs is 1. The fraction of sp³-hybridized carbons (Fsp3) is 0.333. The van der Waals surface area contributed by atoms with Gasteiger partial charge in [0.25, 0.3) is 11.8 Å². The molecule has 0 aliphatic heterocycles. The monoisotopic (exact) mass is 422 g/mol. The summed E-state index contributed by atoms with van der Waals surface area (Å²) in [6, 6.07) is 2.75. The van der Waals surface area contributed by atoms with Crippen molar-refractivity contribution in [2.75, 3.05) is 6.61 Å². The van der Waals surface area contributed by atoms with E-state index in [2.05, 4.69) is 14.7 Å². The summed E-state index contributed by atoms with van der Waals surface area (Å²) in [5.41, 5.74) is -2.31. The molecule has 0 fully saturated rings. The van der Waals surface area contributed by atoms with Gasteiger partial charge in [0.05, 0.1) is 11.8 Å². The van der Waals surface area contributed by atoms with Gasteiger partial charge in [0.2, 0.25) is 5.89 Å². The molecule has 0 saturated heterocycles. The minimum absolute atomic E-state index is 0.0462. The Kier molecular flexibility index (Phi) is 4.96. The molecule has 0 radical (unpaired) electrons. The number of pyridine rings is 1. The Bertz CT molecular complexity index is 982. The number of halogens is 7. The summed E-state index contributed by atoms with van der Waals surface area (Å²) in [5, 5.41) is 0. The second-order valence-electron chi connectivity index (χ2n) is 6.44. The van der Waals surface area contributed by atoms with E-state index in [1.54, 1.807) is 0 Å². The van der Waals surface area contributed by atoms with Crippen LogP contribution in [0.2, 0.25) is 0 Å². The molecule has 0 bridgehead atoms. The van der Waals surface area contributed by atoms with Crippen LogP contribution in [0.25, 0.3) is 22.6 Å². The minimum atomic E-state index is -4.61. The Morgan fingerprint density at radius 1 is 0.966 bits per heavy atom. The molecule has 2 heterocycles. The van der Waals surface area contributed by atoms with Crippen LogP contribution in [0.1, 0.15) is 25.0 Å². The molecule has 0 saturated carbocycles. The largest absolute Gasteiger partial charge is 0.482 e. The highest BCUT2D eigenvalue weighted by Crippen LogP contribution is 2.41. The molecule has 3 aromatic rings. The van der Waals surface area contributed by atoms with Crippen LogP contribution in [-0.2, 0) is 11.8 Å². The third-order valence-corrected chi connectivity index (χ3v) is 3.88. The molecule has 1 aromatic carbocycles. The first-order valence-electron chi connectivity index (χ1n) is 8.11. The van der Waals surface area contributed by atoms with Gasteiger partial charge >= 0.3 is 6.18 Å². The highest BCUT2D eigenvalue weighted by Gasteiger charge is 2.37. The van der Waals surface area contributed by atoms with E-state index in [-0.39, 0.29) is 28.3 Å². The lowest BCUT2D eigenvalue weighted by molar-refractivity contribution is -0.153. The van der Waals surface area contributed by atoms with E-state index in [0.29, 0.717) is 13.8 Å². The van der Waals surface area contributed by atoms with Crippen LogP contribution in [0.4, 0.5) is 30.7 Å². The smallest absolute Gasteiger partial charge is 0.422 e. The van der Waals surface area contributed by atoms with Crippen molar-refractivity contribution in [2.45, 2.75) is 31.9 Å². The molecular formula is C18H13F7N2O2. The van der Waals surface area contributed by atoms with E-state index in [4.69, 9.17) is 4.42 Å². The van der Waals surface area contributed by atoms with Crippen LogP contribution < -0.4 is 4.74 Å². The number of benzene rings is 1. The Hall–Kier alpha value is -2.85. The molecule has 4 nitrogen and oxygen atoms in total. The van der Waals surface area contributed by atoms with E-state index in [1.807, 2.05) is 0 Å². The predicted molar refractivity (Wildman–Crippen MR) is 87.9 cm³/mol. The van der Waals surface area contributed by atoms with Gasteiger partial charge in [-0.05, 0) is 18.2 Å². The molecule has 0 spiro atoms. The van der Waals surface area contributed by atoms with E-state index in [9.17, 15) is 30.7 Å². The standard InChI is InChI=1S/C18H13F7N2O2/c1-16(19,20)10-5-12-13(6-11(10)17(2,21)22)29-15(27-12)9-3-4-26-7-14(9)28-8-18(23,24)25/h3-7H,8H2,1-2H3. The topological polar surface area (TPSA) is 48.2 Å². The molecule has 0 aliphatic rings. The van der Waals surface area contributed by atoms with Crippen molar-refractivity contribution in [3.63, 3.8) is 0 Å². The summed E-state index contributed by atoms with van der Waals surface area (Å²) in [4.78, 5) is 7.61. The van der Waals surface area contributed by atoms with Gasteiger partial charge in [0, 0.05) is 31.2 Å². The summed E-state index contributed by atoms with van der Waals surface area (Å²) in [6.07, 6.45) is -2.40. The zero-order valence-corrected chi connectivity index (χ0v) is 15.0. The molecule has 0 aliphatic carbocycles. The molecule has 29 heavy (non-hydrogen) atoms. The molecule has 2 aromatic heterocycles. The van der Waals surface area contributed by atoms with Gasteiger partial charge in [-0.25, -0.2) is 22.5 Å². The third kappa shape index (κ3) is 4.60. The van der Waals surface area contributed by atoms with Crippen LogP contribution in [0.5, 0.6) is 5.75 Å². The lowest BCUT2D eigenvalue weighted by atomic mass is 9.97. The molecular weight excluding hydrogens is 409 g/mol. The molecule has 3 rings (SSSR count). The molecule has 11 heteroatoms.